The van der Waals surface area contributed by atoms with Gasteiger partial charge in [-0.3, -0.25) is 0 Å². The minimum absolute atomic E-state index is 0.230. The molecule has 0 saturated heterocycles. The van der Waals surface area contributed by atoms with Crippen molar-refractivity contribution in [2.24, 2.45) is 0 Å². The summed E-state index contributed by atoms with van der Waals surface area (Å²) in [6.45, 7) is 4.77. The van der Waals surface area contributed by atoms with Gasteiger partial charge in [-0.05, 0) is 0 Å². The number of aliphatic hydroxyl groups is 1. The molecule has 1 rings (SSSR count). The number of hydrogen-bond donors (Lipinski definition) is 1. The molecule has 0 radical (unpaired) electrons. The molecule has 0 aromatic carbocycles. The molecule has 0 saturated carbocycles. The van der Waals surface area contributed by atoms with E-state index in [0.717, 1.165) is 0 Å². The average Bonchev–Trinajstić information content (AvgIpc) is 1.83. The van der Waals surface area contributed by atoms with Gasteiger partial charge in [0, 0.05) is 0 Å². The summed E-state index contributed by atoms with van der Waals surface area (Å²) in [6, 6.07) is 1.31. The fourth-order valence-electron chi connectivity index (χ4n) is 0.977. The van der Waals surface area contributed by atoms with Gasteiger partial charge < -0.3 is 0 Å². The van der Waals surface area contributed by atoms with Crippen molar-refractivity contribution in [2.45, 2.75) is 26.4 Å². The summed E-state index contributed by atoms with van der Waals surface area (Å²) in [4.78, 5) is 3.91. The molecule has 0 amide bonds. The Balaban J connectivity index is 3.19. The van der Waals surface area contributed by atoms with Crippen molar-refractivity contribution in [2.75, 3.05) is 0 Å². The normalized spacial score (nSPS) is 11.4. The van der Waals surface area contributed by atoms with E-state index in [1.54, 1.807) is 6.92 Å². The van der Waals surface area contributed by atoms with Gasteiger partial charge >= 0.3 is 70.8 Å². The molecular weight excluding hydrogens is 156 g/mol. The van der Waals surface area contributed by atoms with Crippen LogP contribution in [0.2, 0.25) is 0 Å². The third kappa shape index (κ3) is 1.88. The van der Waals surface area contributed by atoms with E-state index in [4.69, 9.17) is 0 Å². The number of halogens is 1. The van der Waals surface area contributed by atoms with Crippen molar-refractivity contribution < 1.29 is 9.50 Å². The van der Waals surface area contributed by atoms with Gasteiger partial charge in [0.1, 0.15) is 0 Å². The van der Waals surface area contributed by atoms with E-state index in [-0.39, 0.29) is 5.46 Å². The molecule has 0 atom stereocenters. The molecule has 64 valence electrons. The van der Waals surface area contributed by atoms with Gasteiger partial charge in [-0.1, -0.05) is 0 Å². The van der Waals surface area contributed by atoms with Crippen LogP contribution in [0.25, 0.3) is 0 Å². The minimum atomic E-state index is -1.16. The predicted molar refractivity (Wildman–Crippen MR) is 45.5 cm³/mol. The van der Waals surface area contributed by atoms with Crippen LogP contribution in [0.1, 0.15) is 25.0 Å². The Kier molecular flexibility index (Phi) is 2.28. The van der Waals surface area contributed by atoms with Crippen molar-refractivity contribution in [1.29, 1.82) is 0 Å². The average molecular weight is 167 g/mol. The van der Waals surface area contributed by atoms with E-state index in [2.05, 4.69) is 4.89 Å². The van der Waals surface area contributed by atoms with Gasteiger partial charge in [0.15, 0.2) is 0 Å². The van der Waals surface area contributed by atoms with Crippen LogP contribution in [-0.4, -0.2) is 17.1 Å². The maximum atomic E-state index is 13.1. The zero-order chi connectivity index (χ0) is 9.35. The van der Waals surface area contributed by atoms with Crippen LogP contribution in [0.5, 0.6) is 0 Å². The summed E-state index contributed by atoms with van der Waals surface area (Å²) >= 11 is 0. The van der Waals surface area contributed by atoms with Crippen molar-refractivity contribution in [3.63, 3.8) is 0 Å². The van der Waals surface area contributed by atoms with Crippen molar-refractivity contribution in [3.05, 3.63) is 23.0 Å². The zero-order valence-electron chi connectivity index (χ0n) is 7.43. The first-order valence-electron chi connectivity index (χ1n) is 3.76. The Hall–Kier alpha value is -0.765. The number of hydrogen-bond acceptors (Lipinski definition) is 2. The van der Waals surface area contributed by atoms with E-state index in [0.29, 0.717) is 5.69 Å². The quantitative estimate of drug-likeness (QED) is 0.679. The molecule has 1 N–H and O–H groups in total. The molecule has 1 aromatic rings. The van der Waals surface area contributed by atoms with Crippen molar-refractivity contribution in [3.8, 4) is 0 Å². The summed E-state index contributed by atoms with van der Waals surface area (Å²) in [5, 5.41) is 9.48. The molecule has 0 aliphatic carbocycles. The molecule has 0 spiro atoms. The van der Waals surface area contributed by atoms with Crippen LogP contribution in [0.3, 0.4) is 0 Å². The second-order valence-electron chi connectivity index (χ2n) is 3.36. The SMILES string of the molecule is Cc1cc(F)c(C(C)(C)O)bn1. The summed E-state index contributed by atoms with van der Waals surface area (Å²) < 4.78 is 13.1. The predicted octanol–water partition coefficient (Wildman–Crippen LogP) is 1.09. The second kappa shape index (κ2) is 2.94. The third-order valence-electron chi connectivity index (χ3n) is 1.65. The molecule has 12 heavy (non-hydrogen) atoms. The summed E-state index contributed by atoms with van der Waals surface area (Å²) in [5.41, 5.74) is -0.321. The van der Waals surface area contributed by atoms with E-state index >= 15 is 0 Å². The summed E-state index contributed by atoms with van der Waals surface area (Å²) in [5.74, 6) is -0.407. The molecule has 0 fully saturated rings. The Labute approximate surface area is 71.7 Å². The first-order valence-corrected chi connectivity index (χ1v) is 3.76. The van der Waals surface area contributed by atoms with Crippen molar-refractivity contribution in [1.82, 2.24) is 4.89 Å². The molecule has 1 heterocycles. The Morgan fingerprint density at radius 3 is 2.58 bits per heavy atom. The standard InChI is InChI=1S/C8H11BFNO/c1-5-4-6(10)7(9-11-5)8(2,3)12/h4,12H,1-3H3. The third-order valence-corrected chi connectivity index (χ3v) is 1.65. The van der Waals surface area contributed by atoms with E-state index < -0.39 is 11.4 Å². The van der Waals surface area contributed by atoms with Crippen LogP contribution in [0.15, 0.2) is 6.07 Å². The fraction of sp³-hybridized carbons (Fsp3) is 0.500. The molecule has 1 aromatic heterocycles. The monoisotopic (exact) mass is 167 g/mol. The Bertz CT molecular complexity index is 296. The van der Waals surface area contributed by atoms with Gasteiger partial charge in [-0.25, -0.2) is 0 Å². The van der Waals surface area contributed by atoms with E-state index in [1.807, 2.05) is 0 Å². The molecular formula is C8H11BFNO. The van der Waals surface area contributed by atoms with Crippen LogP contribution in [-0.2, 0) is 5.60 Å². The summed E-state index contributed by atoms with van der Waals surface area (Å²) in [6.07, 6.45) is 0. The van der Waals surface area contributed by atoms with Gasteiger partial charge in [-0.2, -0.15) is 0 Å². The van der Waals surface area contributed by atoms with Gasteiger partial charge in [0.05, 0.1) is 0 Å². The zero-order valence-corrected chi connectivity index (χ0v) is 7.43. The molecule has 0 aliphatic rings. The summed E-state index contributed by atoms with van der Waals surface area (Å²) in [7, 11) is 1.37. The fourth-order valence-corrected chi connectivity index (χ4v) is 0.977. The Morgan fingerprint density at radius 2 is 2.17 bits per heavy atom. The number of rotatable bonds is 1. The van der Waals surface area contributed by atoms with Gasteiger partial charge in [0.25, 0.3) is 0 Å². The molecule has 0 bridgehead atoms. The van der Waals surface area contributed by atoms with Gasteiger partial charge in [0.2, 0.25) is 0 Å². The molecule has 4 heteroatoms. The van der Waals surface area contributed by atoms with Crippen LogP contribution in [0, 0.1) is 12.7 Å². The number of nitrogens with zero attached hydrogens (tertiary/aromatic N) is 1. The molecule has 0 aliphatic heterocycles. The van der Waals surface area contributed by atoms with Crippen molar-refractivity contribution >= 4 is 7.05 Å². The van der Waals surface area contributed by atoms with Crippen LogP contribution >= 0.6 is 0 Å². The number of aryl methyl sites for hydroxylation is 1. The molecule has 2 nitrogen and oxygen atoms in total. The number of aromatic nitrogens is 1. The van der Waals surface area contributed by atoms with Gasteiger partial charge in [-0.15, -0.1) is 0 Å². The van der Waals surface area contributed by atoms with E-state index in [9.17, 15) is 9.50 Å². The second-order valence-corrected chi connectivity index (χ2v) is 3.36. The van der Waals surface area contributed by atoms with E-state index in [1.165, 1.54) is 27.0 Å². The first-order chi connectivity index (χ1) is 5.41. The van der Waals surface area contributed by atoms with Crippen LogP contribution in [0.4, 0.5) is 4.39 Å². The first kappa shape index (κ1) is 9.32. The topological polar surface area (TPSA) is 33.1 Å². The van der Waals surface area contributed by atoms with Crippen LogP contribution < -0.4 is 0 Å². The molecule has 0 unspecified atom stereocenters. The maximum absolute atomic E-state index is 13.1. The Morgan fingerprint density at radius 1 is 1.58 bits per heavy atom.